The van der Waals surface area contributed by atoms with Crippen molar-refractivity contribution in [1.82, 2.24) is 0 Å². The van der Waals surface area contributed by atoms with Gasteiger partial charge in [0.15, 0.2) is 0 Å². The molecule has 0 aromatic carbocycles. The van der Waals surface area contributed by atoms with Gasteiger partial charge in [-0.25, -0.2) is 8.78 Å². The van der Waals surface area contributed by atoms with Crippen LogP contribution in [0.15, 0.2) is 0 Å². The summed E-state index contributed by atoms with van der Waals surface area (Å²) < 4.78 is 27.9. The van der Waals surface area contributed by atoms with Gasteiger partial charge in [0.05, 0.1) is 0 Å². The predicted octanol–water partition coefficient (Wildman–Crippen LogP) is 1.53. The van der Waals surface area contributed by atoms with Crippen LogP contribution in [-0.4, -0.2) is 26.1 Å². The third-order valence-electron chi connectivity index (χ3n) is 0.842. The van der Waals surface area contributed by atoms with Crippen LogP contribution in [0.4, 0.5) is 8.78 Å². The zero-order valence-electron chi connectivity index (χ0n) is 5.28. The van der Waals surface area contributed by atoms with Gasteiger partial charge in [0.2, 0.25) is 0 Å². The summed E-state index contributed by atoms with van der Waals surface area (Å²) in [6.45, 7) is 2.28. The van der Waals surface area contributed by atoms with Gasteiger partial charge in [-0.2, -0.15) is 0 Å². The minimum Gasteiger partial charge on any atom is -0.373 e. The van der Waals surface area contributed by atoms with E-state index < -0.39 is 19.5 Å². The maximum atomic E-state index is 11.6. The Hall–Kier alpha value is -0.180. The molecule has 0 atom stereocenters. The van der Waals surface area contributed by atoms with Crippen molar-refractivity contribution >= 4 is 0 Å². The lowest BCUT2D eigenvalue weighted by Crippen LogP contribution is -2.17. The van der Waals surface area contributed by atoms with Crippen LogP contribution in [-0.2, 0) is 4.74 Å². The molecular weight excluding hydrogens is 126 g/mol. The summed E-state index contributed by atoms with van der Waals surface area (Å²) in [6.07, 6.45) is -0.317. The molecule has 0 aliphatic rings. The van der Waals surface area contributed by atoms with Crippen molar-refractivity contribution in [2.24, 2.45) is 0 Å². The van der Waals surface area contributed by atoms with Crippen LogP contribution in [0.1, 0.15) is 6.42 Å². The minimum absolute atomic E-state index is 0.332. The third kappa shape index (κ3) is 4.33. The lowest BCUT2D eigenvalue weighted by atomic mass is 10.4. The fourth-order valence-corrected chi connectivity index (χ4v) is 0.380. The molecule has 0 spiro atoms. The van der Waals surface area contributed by atoms with Gasteiger partial charge in [-0.15, -0.1) is 0 Å². The lowest BCUT2D eigenvalue weighted by Gasteiger charge is -2.07. The highest BCUT2D eigenvalue weighted by Crippen LogP contribution is 1.94. The second-order valence-electron chi connectivity index (χ2n) is 1.65. The summed E-state index contributed by atoms with van der Waals surface area (Å²) in [5, 5.41) is 0. The second-order valence-corrected chi connectivity index (χ2v) is 1.65. The molecule has 0 rings (SSSR count). The van der Waals surface area contributed by atoms with Crippen molar-refractivity contribution in [2.75, 3.05) is 20.0 Å². The Morgan fingerprint density at radius 1 is 1.33 bits per heavy atom. The molecule has 0 aliphatic carbocycles. The molecule has 0 unspecified atom stereocenters. The van der Waals surface area contributed by atoms with Crippen LogP contribution < -0.4 is 0 Å². The topological polar surface area (TPSA) is 9.23 Å². The second kappa shape index (κ2) is 5.95. The van der Waals surface area contributed by atoms with Gasteiger partial charge >= 0.3 is 0 Å². The highest BCUT2D eigenvalue weighted by atomic mass is 19.1. The SMILES string of the molecule is [CH2]CCOC(CF)CF. The Balaban J connectivity index is 3.09. The van der Waals surface area contributed by atoms with Crippen LogP contribution in [0.5, 0.6) is 0 Å². The molecule has 0 aromatic heterocycles. The van der Waals surface area contributed by atoms with Gasteiger partial charge in [-0.3, -0.25) is 0 Å². The van der Waals surface area contributed by atoms with Gasteiger partial charge in [0.1, 0.15) is 19.5 Å². The number of rotatable bonds is 5. The summed E-state index contributed by atoms with van der Waals surface area (Å²) in [5.41, 5.74) is 0. The lowest BCUT2D eigenvalue weighted by molar-refractivity contribution is 0.0223. The summed E-state index contributed by atoms with van der Waals surface area (Å²) in [4.78, 5) is 0. The molecule has 0 aromatic rings. The van der Waals surface area contributed by atoms with E-state index in [1.807, 2.05) is 0 Å². The first-order valence-electron chi connectivity index (χ1n) is 2.88. The zero-order valence-corrected chi connectivity index (χ0v) is 5.28. The average Bonchev–Trinajstić information content (AvgIpc) is 1.91. The van der Waals surface area contributed by atoms with Crippen LogP contribution in [0, 0.1) is 6.92 Å². The van der Waals surface area contributed by atoms with E-state index in [2.05, 4.69) is 11.7 Å². The van der Waals surface area contributed by atoms with Crippen molar-refractivity contribution in [2.45, 2.75) is 12.5 Å². The Labute approximate surface area is 54.0 Å². The van der Waals surface area contributed by atoms with Gasteiger partial charge in [-0.05, 0) is 6.42 Å². The number of hydrogen-bond donors (Lipinski definition) is 0. The summed E-state index contributed by atoms with van der Waals surface area (Å²) in [7, 11) is 0. The first-order chi connectivity index (χ1) is 4.35. The predicted molar refractivity (Wildman–Crippen MR) is 31.7 cm³/mol. The molecule has 0 saturated carbocycles. The van der Waals surface area contributed by atoms with Crippen LogP contribution in [0.2, 0.25) is 0 Å². The van der Waals surface area contributed by atoms with E-state index in [1.54, 1.807) is 0 Å². The molecule has 1 radical (unpaired) electrons. The van der Waals surface area contributed by atoms with E-state index in [9.17, 15) is 8.78 Å². The molecule has 9 heavy (non-hydrogen) atoms. The zero-order chi connectivity index (χ0) is 7.11. The Kier molecular flexibility index (Phi) is 5.83. The highest BCUT2D eigenvalue weighted by Gasteiger charge is 2.05. The molecule has 0 fully saturated rings. The van der Waals surface area contributed by atoms with E-state index in [0.717, 1.165) is 0 Å². The van der Waals surface area contributed by atoms with Crippen molar-refractivity contribution in [3.05, 3.63) is 6.92 Å². The molecule has 55 valence electrons. The fourth-order valence-electron chi connectivity index (χ4n) is 0.380. The third-order valence-corrected chi connectivity index (χ3v) is 0.842. The van der Waals surface area contributed by atoms with E-state index in [0.29, 0.717) is 13.0 Å². The maximum absolute atomic E-state index is 11.6. The molecule has 0 amide bonds. The molecule has 0 N–H and O–H groups in total. The average molecular weight is 137 g/mol. The molecule has 0 heterocycles. The van der Waals surface area contributed by atoms with E-state index in [-0.39, 0.29) is 0 Å². The van der Waals surface area contributed by atoms with E-state index >= 15 is 0 Å². The number of alkyl halides is 2. The largest absolute Gasteiger partial charge is 0.373 e. The van der Waals surface area contributed by atoms with Gasteiger partial charge in [-0.1, -0.05) is 6.92 Å². The Bertz CT molecular complexity index is 55.0. The van der Waals surface area contributed by atoms with Crippen molar-refractivity contribution in [3.63, 3.8) is 0 Å². The number of ether oxygens (including phenoxy) is 1. The van der Waals surface area contributed by atoms with Crippen LogP contribution >= 0.6 is 0 Å². The van der Waals surface area contributed by atoms with Crippen molar-refractivity contribution < 1.29 is 13.5 Å². The highest BCUT2D eigenvalue weighted by molar-refractivity contribution is 4.52. The minimum atomic E-state index is -0.869. The van der Waals surface area contributed by atoms with Gasteiger partial charge < -0.3 is 4.74 Å². The molecule has 0 saturated heterocycles. The van der Waals surface area contributed by atoms with E-state index in [4.69, 9.17) is 0 Å². The van der Waals surface area contributed by atoms with Crippen LogP contribution in [0.3, 0.4) is 0 Å². The Morgan fingerprint density at radius 3 is 2.22 bits per heavy atom. The van der Waals surface area contributed by atoms with Gasteiger partial charge in [0, 0.05) is 6.61 Å². The smallest absolute Gasteiger partial charge is 0.118 e. The maximum Gasteiger partial charge on any atom is 0.118 e. The number of hydrogen-bond acceptors (Lipinski definition) is 1. The molecular formula is C6H11F2O. The molecule has 0 aliphatic heterocycles. The first-order valence-corrected chi connectivity index (χ1v) is 2.88. The summed E-state index contributed by atoms with van der Waals surface area (Å²) in [5.74, 6) is 0. The van der Waals surface area contributed by atoms with Gasteiger partial charge in [0.25, 0.3) is 0 Å². The fraction of sp³-hybridized carbons (Fsp3) is 0.833. The van der Waals surface area contributed by atoms with Crippen molar-refractivity contribution in [1.29, 1.82) is 0 Å². The summed E-state index contributed by atoms with van der Waals surface area (Å²) >= 11 is 0. The Morgan fingerprint density at radius 2 is 1.89 bits per heavy atom. The molecule has 3 heteroatoms. The normalized spacial score (nSPS) is 10.7. The summed E-state index contributed by atoms with van der Waals surface area (Å²) in [6, 6.07) is 0. The number of halogens is 2. The van der Waals surface area contributed by atoms with E-state index in [1.165, 1.54) is 0 Å². The quantitative estimate of drug-likeness (QED) is 0.558. The van der Waals surface area contributed by atoms with Crippen molar-refractivity contribution in [3.8, 4) is 0 Å². The first kappa shape index (κ1) is 8.82. The molecule has 0 bridgehead atoms. The monoisotopic (exact) mass is 137 g/mol. The standard InChI is InChI=1S/C6H11F2O/c1-2-3-9-6(4-7)5-8/h6H,1-5H2. The van der Waals surface area contributed by atoms with Crippen LogP contribution in [0.25, 0.3) is 0 Å². The molecule has 1 nitrogen and oxygen atoms in total.